The Morgan fingerprint density at radius 2 is 1.93 bits per heavy atom. The summed E-state index contributed by atoms with van der Waals surface area (Å²) < 4.78 is 34.5. The molecule has 0 amide bonds. The van der Waals surface area contributed by atoms with Crippen molar-refractivity contribution in [1.82, 2.24) is 8.61 Å². The van der Waals surface area contributed by atoms with Crippen molar-refractivity contribution in [2.75, 3.05) is 39.9 Å². The molecule has 2 aliphatic rings. The maximum atomic E-state index is 13.1. The highest BCUT2D eigenvalue weighted by atomic mass is 32.2. The number of aromatic carboxylic acids is 1. The van der Waals surface area contributed by atoms with E-state index in [9.17, 15) is 18.3 Å². The number of nitrogens with zero attached hydrogens (tertiary/aromatic N) is 2. The van der Waals surface area contributed by atoms with Crippen LogP contribution in [0.3, 0.4) is 0 Å². The van der Waals surface area contributed by atoms with E-state index in [2.05, 4.69) is 0 Å². The first-order chi connectivity index (χ1) is 12.9. The van der Waals surface area contributed by atoms with Crippen LogP contribution >= 0.6 is 0 Å². The van der Waals surface area contributed by atoms with Gasteiger partial charge in [0.2, 0.25) is 0 Å². The van der Waals surface area contributed by atoms with Gasteiger partial charge >= 0.3 is 5.97 Å². The topological polar surface area (TPSA) is 87.2 Å². The Hall–Kier alpha value is -1.48. The van der Waals surface area contributed by atoms with Crippen LogP contribution in [0.5, 0.6) is 0 Å². The molecule has 0 bridgehead atoms. The molecule has 1 atom stereocenters. The average molecular weight is 397 g/mol. The second-order valence-corrected chi connectivity index (χ2v) is 9.36. The molecule has 0 aliphatic carbocycles. The minimum Gasteiger partial charge on any atom is -0.478 e. The molecular formula is C19H28N2O5S. The standard InChI is InChI=1S/C19H28N2O5S/c1-26-14-15-7-10-20(11-8-15)27(24,25)21-9-3-6-18(13-21)16-4-2-5-17(12-16)19(22)23/h2,4-5,12,15,18H,3,6-11,13-14H2,1H3,(H,22,23)/t18-/m0/s1. The first-order valence-corrected chi connectivity index (χ1v) is 10.9. The normalized spacial score (nSPS) is 23.4. The number of ether oxygens (including phenoxy) is 1. The molecule has 2 aliphatic heterocycles. The Morgan fingerprint density at radius 3 is 2.59 bits per heavy atom. The minimum atomic E-state index is -3.48. The lowest BCUT2D eigenvalue weighted by Gasteiger charge is -2.38. The summed E-state index contributed by atoms with van der Waals surface area (Å²) in [5.41, 5.74) is 1.14. The molecule has 7 nitrogen and oxygen atoms in total. The molecule has 150 valence electrons. The van der Waals surface area contributed by atoms with E-state index in [0.717, 1.165) is 31.2 Å². The van der Waals surface area contributed by atoms with Gasteiger partial charge in [0.05, 0.1) is 5.56 Å². The molecule has 0 aromatic heterocycles. The smallest absolute Gasteiger partial charge is 0.335 e. The van der Waals surface area contributed by atoms with Crippen molar-refractivity contribution in [1.29, 1.82) is 0 Å². The summed E-state index contributed by atoms with van der Waals surface area (Å²) in [6, 6.07) is 6.85. The molecule has 0 unspecified atom stereocenters. The maximum absolute atomic E-state index is 13.1. The number of benzene rings is 1. The lowest BCUT2D eigenvalue weighted by molar-refractivity contribution is 0.0696. The monoisotopic (exact) mass is 396 g/mol. The van der Waals surface area contributed by atoms with Crippen molar-refractivity contribution in [2.45, 2.75) is 31.6 Å². The van der Waals surface area contributed by atoms with Crippen molar-refractivity contribution in [2.24, 2.45) is 5.92 Å². The van der Waals surface area contributed by atoms with Crippen LogP contribution in [0.25, 0.3) is 0 Å². The summed E-state index contributed by atoms with van der Waals surface area (Å²) in [6.45, 7) is 2.68. The molecule has 0 spiro atoms. The molecule has 1 N–H and O–H groups in total. The van der Waals surface area contributed by atoms with E-state index >= 15 is 0 Å². The highest BCUT2D eigenvalue weighted by molar-refractivity contribution is 7.86. The van der Waals surface area contributed by atoms with E-state index in [1.807, 2.05) is 6.07 Å². The summed E-state index contributed by atoms with van der Waals surface area (Å²) in [5.74, 6) is -0.510. The lowest BCUT2D eigenvalue weighted by atomic mass is 9.91. The van der Waals surface area contributed by atoms with Crippen LogP contribution in [-0.2, 0) is 14.9 Å². The molecule has 0 saturated carbocycles. The second-order valence-electron chi connectivity index (χ2n) is 7.43. The van der Waals surface area contributed by atoms with Crippen molar-refractivity contribution >= 4 is 16.2 Å². The van der Waals surface area contributed by atoms with E-state index in [0.29, 0.717) is 38.7 Å². The predicted molar refractivity (Wildman–Crippen MR) is 102 cm³/mol. The van der Waals surface area contributed by atoms with E-state index < -0.39 is 16.2 Å². The summed E-state index contributed by atoms with van der Waals surface area (Å²) in [6.07, 6.45) is 3.29. The van der Waals surface area contributed by atoms with Gasteiger partial charge in [-0.1, -0.05) is 12.1 Å². The molecule has 3 rings (SSSR count). The van der Waals surface area contributed by atoms with Crippen LogP contribution in [0.2, 0.25) is 0 Å². The van der Waals surface area contributed by atoms with E-state index in [1.165, 1.54) is 0 Å². The van der Waals surface area contributed by atoms with Crippen LogP contribution in [0.15, 0.2) is 24.3 Å². The number of carbonyl (C=O) groups is 1. The van der Waals surface area contributed by atoms with Crippen molar-refractivity contribution in [3.05, 3.63) is 35.4 Å². The zero-order valence-corrected chi connectivity index (χ0v) is 16.5. The fourth-order valence-electron chi connectivity index (χ4n) is 4.06. The Morgan fingerprint density at radius 1 is 1.19 bits per heavy atom. The van der Waals surface area contributed by atoms with Crippen LogP contribution < -0.4 is 0 Å². The molecule has 8 heteroatoms. The SMILES string of the molecule is COCC1CCN(S(=O)(=O)N2CCC[C@H](c3cccc(C(=O)O)c3)C2)CC1. The lowest BCUT2D eigenvalue weighted by Crippen LogP contribution is -2.50. The molecule has 0 radical (unpaired) electrons. The second kappa shape index (κ2) is 8.68. The molecule has 2 saturated heterocycles. The van der Waals surface area contributed by atoms with Gasteiger partial charge in [0.15, 0.2) is 0 Å². The Kier molecular flexibility index (Phi) is 6.52. The predicted octanol–water partition coefficient (Wildman–Crippen LogP) is 2.17. The average Bonchev–Trinajstić information content (AvgIpc) is 2.69. The third-order valence-corrected chi connectivity index (χ3v) is 7.62. The van der Waals surface area contributed by atoms with Crippen molar-refractivity contribution < 1.29 is 23.1 Å². The molecule has 1 aromatic carbocycles. The number of carboxylic acid groups (broad SMARTS) is 1. The zero-order valence-electron chi connectivity index (χ0n) is 15.7. The quantitative estimate of drug-likeness (QED) is 0.796. The fourth-order valence-corrected chi connectivity index (χ4v) is 5.78. The van der Waals surface area contributed by atoms with Gasteiger partial charge in [0.1, 0.15) is 0 Å². The number of rotatable bonds is 6. The Labute approximate surface area is 161 Å². The summed E-state index contributed by atoms with van der Waals surface area (Å²) in [5, 5.41) is 9.20. The molecule has 2 fully saturated rings. The number of hydrogen-bond donors (Lipinski definition) is 1. The third kappa shape index (κ3) is 4.68. The largest absolute Gasteiger partial charge is 0.478 e. The molecular weight excluding hydrogens is 368 g/mol. The molecule has 27 heavy (non-hydrogen) atoms. The van der Waals surface area contributed by atoms with Gasteiger partial charge in [-0.15, -0.1) is 0 Å². The van der Waals surface area contributed by atoms with Crippen LogP contribution in [0.1, 0.15) is 47.5 Å². The van der Waals surface area contributed by atoms with Crippen LogP contribution in [0.4, 0.5) is 0 Å². The highest BCUT2D eigenvalue weighted by Crippen LogP contribution is 2.31. The van der Waals surface area contributed by atoms with Gasteiger partial charge in [-0.05, 0) is 55.2 Å². The van der Waals surface area contributed by atoms with E-state index in [4.69, 9.17) is 4.74 Å². The number of methoxy groups -OCH3 is 1. The number of piperidine rings is 2. The fraction of sp³-hybridized carbons (Fsp3) is 0.632. The number of hydrogen-bond acceptors (Lipinski definition) is 4. The van der Waals surface area contributed by atoms with Gasteiger partial charge in [-0.25, -0.2) is 4.79 Å². The van der Waals surface area contributed by atoms with E-state index in [1.54, 1.807) is 33.9 Å². The molecule has 2 heterocycles. The maximum Gasteiger partial charge on any atom is 0.335 e. The zero-order chi connectivity index (χ0) is 19.4. The Bertz CT molecular complexity index is 759. The van der Waals surface area contributed by atoms with E-state index in [-0.39, 0.29) is 11.5 Å². The van der Waals surface area contributed by atoms with Crippen molar-refractivity contribution in [3.8, 4) is 0 Å². The Balaban J connectivity index is 1.68. The van der Waals surface area contributed by atoms with Gasteiger partial charge in [-0.3, -0.25) is 0 Å². The van der Waals surface area contributed by atoms with Gasteiger partial charge in [0.25, 0.3) is 10.2 Å². The van der Waals surface area contributed by atoms with Gasteiger partial charge < -0.3 is 9.84 Å². The van der Waals surface area contributed by atoms with Crippen LogP contribution in [0, 0.1) is 5.92 Å². The van der Waals surface area contributed by atoms with Crippen LogP contribution in [-0.4, -0.2) is 68.0 Å². The van der Waals surface area contributed by atoms with Gasteiger partial charge in [0, 0.05) is 39.9 Å². The van der Waals surface area contributed by atoms with Crippen molar-refractivity contribution in [3.63, 3.8) is 0 Å². The summed E-state index contributed by atoms with van der Waals surface area (Å²) >= 11 is 0. The first kappa shape index (κ1) is 20.3. The number of carboxylic acids is 1. The molecule has 1 aromatic rings. The first-order valence-electron chi connectivity index (χ1n) is 9.49. The summed E-state index contributed by atoms with van der Waals surface area (Å²) in [7, 11) is -1.80. The third-order valence-electron chi connectivity index (χ3n) is 5.62. The van der Waals surface area contributed by atoms with Gasteiger partial charge in [-0.2, -0.15) is 17.0 Å². The summed E-state index contributed by atoms with van der Waals surface area (Å²) in [4.78, 5) is 11.2. The highest BCUT2D eigenvalue weighted by Gasteiger charge is 2.36. The minimum absolute atomic E-state index is 0.0267.